The van der Waals surface area contributed by atoms with Crippen LogP contribution in [0.5, 0.6) is 11.5 Å². The molecular weight excluding hydrogens is 961 g/mol. The van der Waals surface area contributed by atoms with E-state index in [0.29, 0.717) is 16.7 Å². The lowest BCUT2D eigenvalue weighted by Crippen LogP contribution is -2.62. The van der Waals surface area contributed by atoms with E-state index in [1.807, 2.05) is 0 Å². The number of phenols is 2. The highest BCUT2D eigenvalue weighted by atomic mass is 33.1. The van der Waals surface area contributed by atoms with Crippen LogP contribution < -0.4 is 60.2 Å². The highest BCUT2D eigenvalue weighted by Crippen LogP contribution is 2.39. The Morgan fingerprint density at radius 1 is 0.761 bits per heavy atom. The highest BCUT2D eigenvalue weighted by molar-refractivity contribution is 8.77. The van der Waals surface area contributed by atoms with Gasteiger partial charge in [-0.1, -0.05) is 76.2 Å². The Morgan fingerprint density at radius 3 is 1.92 bits per heavy atom. The van der Waals surface area contributed by atoms with Gasteiger partial charge in [0.25, 0.3) is 0 Å². The van der Waals surface area contributed by atoms with Crippen molar-refractivity contribution in [2.45, 2.75) is 93.0 Å². The van der Waals surface area contributed by atoms with Crippen molar-refractivity contribution >= 4 is 74.8 Å². The summed E-state index contributed by atoms with van der Waals surface area (Å²) in [6.07, 6.45) is -0.0839. The van der Waals surface area contributed by atoms with Gasteiger partial charge < -0.3 is 75.5 Å². The third-order valence-electron chi connectivity index (χ3n) is 10.9. The number of guanidine groups is 1. The number of carbonyl (C=O) groups is 8. The summed E-state index contributed by atoms with van der Waals surface area (Å²) in [4.78, 5) is 114. The van der Waals surface area contributed by atoms with Crippen molar-refractivity contribution in [3.63, 3.8) is 0 Å². The van der Waals surface area contributed by atoms with Gasteiger partial charge in [0.15, 0.2) is 5.96 Å². The minimum Gasteiger partial charge on any atom is -0.508 e. The average Bonchev–Trinajstić information content (AvgIpc) is 3.32. The Bertz CT molecular complexity index is 2360. The number of primary amides is 1. The zero-order chi connectivity index (χ0) is 52.3. The Morgan fingerprint density at radius 2 is 1.32 bits per heavy atom. The van der Waals surface area contributed by atoms with Crippen LogP contribution in [0, 0.1) is 0 Å². The molecule has 0 saturated carbocycles. The number of hydrogen-bond acceptors (Lipinski definition) is 15. The fourth-order valence-electron chi connectivity index (χ4n) is 7.00. The van der Waals surface area contributed by atoms with Crippen LogP contribution >= 0.6 is 21.6 Å². The number of amides is 8. The smallest absolute Gasteiger partial charge is 0.245 e. The van der Waals surface area contributed by atoms with Crippen molar-refractivity contribution in [2.24, 2.45) is 27.9 Å². The number of nitrogens with zero attached hydrogens (tertiary/aromatic N) is 1. The number of aromatic hydroxyl groups is 2. The highest BCUT2D eigenvalue weighted by Gasteiger charge is 2.41. The van der Waals surface area contributed by atoms with Crippen LogP contribution in [0.3, 0.4) is 0 Å². The number of nitrogens with two attached hydrogens (primary N) is 4. The van der Waals surface area contributed by atoms with Crippen molar-refractivity contribution in [2.75, 3.05) is 25.4 Å². The number of aliphatic hydroxyl groups is 1. The molecule has 0 aromatic heterocycles. The van der Waals surface area contributed by atoms with Gasteiger partial charge >= 0.3 is 0 Å². The number of phenolic OH excluding ortho intramolecular Hbond substituents is 2. The molecule has 1 aliphatic heterocycles. The van der Waals surface area contributed by atoms with Gasteiger partial charge in [-0.3, -0.25) is 43.3 Å². The molecule has 3 aromatic carbocycles. The predicted octanol–water partition coefficient (Wildman–Crippen LogP) is -2.82. The summed E-state index contributed by atoms with van der Waals surface area (Å²) in [7, 11) is 2.00. The monoisotopic (exact) mass is 1020 g/mol. The molecule has 1 saturated heterocycles. The Balaban J connectivity index is 1.76. The van der Waals surface area contributed by atoms with E-state index in [0.717, 1.165) is 21.6 Å². The molecular formula is C46H62N12O11S2. The lowest BCUT2D eigenvalue weighted by atomic mass is 9.99. The normalized spacial score (nSPS) is 21.3. The number of hydrogen-bond donors (Lipinski definition) is 14. The molecule has 0 aliphatic carbocycles. The molecule has 1 aliphatic rings. The molecule has 7 atom stereocenters. The third kappa shape index (κ3) is 18.6. The lowest BCUT2D eigenvalue weighted by molar-refractivity contribution is -0.135. The minimum absolute atomic E-state index is 0.00332. The van der Waals surface area contributed by atoms with Gasteiger partial charge in [0.05, 0.1) is 19.2 Å². The summed E-state index contributed by atoms with van der Waals surface area (Å²) in [5, 5.41) is 47.9. The summed E-state index contributed by atoms with van der Waals surface area (Å²) < 4.78 is -1.34. The Hall–Kier alpha value is -7.09. The molecule has 23 nitrogen and oxygen atoms in total. The van der Waals surface area contributed by atoms with Gasteiger partial charge in [0.1, 0.15) is 47.8 Å². The van der Waals surface area contributed by atoms with Crippen LogP contribution in [0.1, 0.15) is 43.4 Å². The number of carbonyl (C=O) groups excluding carboxylic acids is 8. The lowest BCUT2D eigenvalue weighted by Gasteiger charge is -2.35. The fraction of sp³-hybridized carbons (Fsp3) is 0.413. The zero-order valence-corrected chi connectivity index (χ0v) is 40.7. The molecule has 1 fully saturated rings. The Kier molecular flexibility index (Phi) is 21.8. The molecule has 4 rings (SSSR count). The SMILES string of the molecule is CC1(C)SSC[C@@H](C(=O)N[C@@H](CCCN=C(N)N)C(N)=O)NC(=O)[C@H](Cc2ccccc2)NC(=O)[C@H](CO)NC(=O)CNC(=O)[C@H](Cc2ccc(O)cc2)NC(=O)[C@@H]1NC(=O)[C@@H](N)Cc1ccc(O)cc1. The Labute approximate surface area is 417 Å². The van der Waals surface area contributed by atoms with Crippen LogP contribution in [0.15, 0.2) is 83.9 Å². The van der Waals surface area contributed by atoms with E-state index in [1.165, 1.54) is 36.4 Å². The molecule has 0 unspecified atom stereocenters. The second kappa shape index (κ2) is 27.3. The maximum Gasteiger partial charge on any atom is 0.245 e. The van der Waals surface area contributed by atoms with Crippen LogP contribution in [0.4, 0.5) is 0 Å². The maximum atomic E-state index is 14.6. The van der Waals surface area contributed by atoms with E-state index < -0.39 is 107 Å². The summed E-state index contributed by atoms with van der Waals surface area (Å²) in [5.41, 5.74) is 24.5. The third-order valence-corrected chi connectivity index (χ3v) is 14.2. The second-order valence-electron chi connectivity index (χ2n) is 17.1. The van der Waals surface area contributed by atoms with Crippen molar-refractivity contribution in [1.29, 1.82) is 0 Å². The van der Waals surface area contributed by atoms with Gasteiger partial charge in [-0.2, -0.15) is 0 Å². The number of aliphatic hydroxyl groups excluding tert-OH is 1. The first-order valence-electron chi connectivity index (χ1n) is 22.4. The summed E-state index contributed by atoms with van der Waals surface area (Å²) in [6, 6.07) is 10.3. The molecule has 3 aromatic rings. The molecule has 384 valence electrons. The number of benzene rings is 3. The van der Waals surface area contributed by atoms with Crippen molar-refractivity contribution < 1.29 is 53.7 Å². The minimum atomic E-state index is -1.64. The predicted molar refractivity (Wildman–Crippen MR) is 267 cm³/mol. The van der Waals surface area contributed by atoms with Gasteiger partial charge in [0, 0.05) is 29.9 Å². The summed E-state index contributed by atoms with van der Waals surface area (Å²) >= 11 is 0. The van der Waals surface area contributed by atoms with E-state index in [4.69, 9.17) is 22.9 Å². The van der Waals surface area contributed by atoms with E-state index in [9.17, 15) is 53.7 Å². The van der Waals surface area contributed by atoms with Gasteiger partial charge in [-0.05, 0) is 74.1 Å². The molecule has 8 amide bonds. The molecule has 1 heterocycles. The molecule has 0 bridgehead atoms. The average molecular weight is 1020 g/mol. The van der Waals surface area contributed by atoms with Crippen LogP contribution in [0.25, 0.3) is 0 Å². The zero-order valence-electron chi connectivity index (χ0n) is 39.1. The fourth-order valence-corrected chi connectivity index (χ4v) is 9.81. The largest absolute Gasteiger partial charge is 0.508 e. The van der Waals surface area contributed by atoms with Crippen molar-refractivity contribution in [3.8, 4) is 11.5 Å². The van der Waals surface area contributed by atoms with Crippen molar-refractivity contribution in [1.82, 2.24) is 37.2 Å². The van der Waals surface area contributed by atoms with Crippen molar-refractivity contribution in [3.05, 3.63) is 95.6 Å². The molecule has 25 heteroatoms. The van der Waals surface area contributed by atoms with E-state index in [-0.39, 0.29) is 61.9 Å². The van der Waals surface area contributed by atoms with Crippen LogP contribution in [-0.4, -0.2) is 141 Å². The number of aliphatic imine (C=N–C) groups is 1. The van der Waals surface area contributed by atoms with E-state index in [1.54, 1.807) is 56.3 Å². The van der Waals surface area contributed by atoms with E-state index >= 15 is 0 Å². The molecule has 71 heavy (non-hydrogen) atoms. The van der Waals surface area contributed by atoms with Crippen LogP contribution in [0.2, 0.25) is 0 Å². The summed E-state index contributed by atoms with van der Waals surface area (Å²) in [5.74, 6) is -7.62. The first kappa shape index (κ1) is 56.5. The number of rotatable bonds is 16. The first-order chi connectivity index (χ1) is 33.6. The first-order valence-corrected chi connectivity index (χ1v) is 24.7. The summed E-state index contributed by atoms with van der Waals surface area (Å²) in [6.45, 7) is 1.61. The topological polar surface area (TPSA) is 398 Å². The quantitative estimate of drug-likeness (QED) is 0.0298. The molecule has 18 N–H and O–H groups in total. The van der Waals surface area contributed by atoms with Gasteiger partial charge in [-0.15, -0.1) is 0 Å². The molecule has 0 radical (unpaired) electrons. The van der Waals surface area contributed by atoms with Gasteiger partial charge in [-0.25, -0.2) is 0 Å². The van der Waals surface area contributed by atoms with Crippen LogP contribution in [-0.2, 0) is 57.6 Å². The standard InChI is InChI=1S/C46H62N12O11S2/c1-46(2)37(58-39(64)30(47)19-26-10-14-28(60)15-11-26)44(69)56-32(21-27-12-16-29(61)17-13-27)40(65)52-22-36(62)53-34(23-59)42(67)55-33(20-25-7-4-3-5-8-25)41(66)57-35(24-70-71-46)43(68)54-31(38(48)63)9-6-18-51-45(49)50/h3-5,7-8,10-17,30-35,37,59-61H,6,9,18-24,47H2,1-2H3,(H2,48,63)(H,52,65)(H,53,62)(H,54,68)(H,55,67)(H,56,69)(H,57,66)(H,58,64)(H4,49,50,51)/t30-,31-,32-,33-,34-,35-,37-/m0/s1. The second-order valence-corrected chi connectivity index (χ2v) is 20.1. The number of nitrogens with one attached hydrogen (secondary N) is 7. The van der Waals surface area contributed by atoms with Gasteiger partial charge in [0.2, 0.25) is 47.3 Å². The molecule has 0 spiro atoms. The van der Waals surface area contributed by atoms with E-state index in [2.05, 4.69) is 42.2 Å². The maximum absolute atomic E-state index is 14.6.